The number of hydrogen-bond donors (Lipinski definition) is 1. The van der Waals surface area contributed by atoms with E-state index in [1.807, 2.05) is 25.1 Å². The van der Waals surface area contributed by atoms with Crippen LogP contribution in [0.4, 0.5) is 4.39 Å². The molecular weight excluding hydrogens is 375 g/mol. The monoisotopic (exact) mass is 402 g/mol. The normalized spacial score (nSPS) is 17.8. The lowest BCUT2D eigenvalue weighted by molar-refractivity contribution is -0.123. The zero-order chi connectivity index (χ0) is 19.9. The summed E-state index contributed by atoms with van der Waals surface area (Å²) < 4.78 is 13.1. The number of nitrogens with one attached hydrogen (secondary N) is 1. The van der Waals surface area contributed by atoms with Crippen molar-refractivity contribution in [3.63, 3.8) is 0 Å². The summed E-state index contributed by atoms with van der Waals surface area (Å²) in [5.74, 6) is -0.549. The average Bonchev–Trinajstić information content (AvgIpc) is 2.73. The van der Waals surface area contributed by atoms with Crippen LogP contribution in [0.15, 0.2) is 54.6 Å². The number of piperidine rings is 1. The highest BCUT2D eigenvalue weighted by Gasteiger charge is 2.24. The molecule has 0 radical (unpaired) electrons. The predicted molar refractivity (Wildman–Crippen MR) is 112 cm³/mol. The summed E-state index contributed by atoms with van der Waals surface area (Å²) in [5, 5.41) is 3.19. The number of likely N-dealkylation sites (tertiary alicyclic amines) is 1. The van der Waals surface area contributed by atoms with Crippen LogP contribution in [0.25, 0.3) is 0 Å². The van der Waals surface area contributed by atoms with Crippen LogP contribution in [0.2, 0.25) is 0 Å². The van der Waals surface area contributed by atoms with E-state index in [-0.39, 0.29) is 29.1 Å². The molecule has 5 heteroatoms. The number of alkyl halides is 1. The van der Waals surface area contributed by atoms with Gasteiger partial charge < -0.3 is 10.2 Å². The van der Waals surface area contributed by atoms with Crippen molar-refractivity contribution in [3.05, 3.63) is 71.5 Å². The standard InChI is InChI=1S/C23H28ClFN2O/c1-17(18-7-9-20(25)10-8-18)23(28)26-21-11-14-27(15-12-21)16-13-22(24)19-5-3-2-4-6-19/h2-10,17,21-22H,11-16H2,1H3,(H,26,28). The zero-order valence-electron chi connectivity index (χ0n) is 16.3. The van der Waals surface area contributed by atoms with Gasteiger partial charge in [-0.2, -0.15) is 0 Å². The maximum Gasteiger partial charge on any atom is 0.227 e. The predicted octanol–water partition coefficient (Wildman–Crippen LogP) is 4.88. The second kappa shape index (κ2) is 10.0. The second-order valence-electron chi connectivity index (χ2n) is 7.56. The highest BCUT2D eigenvalue weighted by molar-refractivity contribution is 6.20. The van der Waals surface area contributed by atoms with E-state index in [4.69, 9.17) is 11.6 Å². The van der Waals surface area contributed by atoms with Gasteiger partial charge in [-0.3, -0.25) is 4.79 Å². The molecule has 1 amide bonds. The first-order chi connectivity index (χ1) is 13.5. The van der Waals surface area contributed by atoms with Gasteiger partial charge in [-0.15, -0.1) is 11.6 Å². The molecule has 150 valence electrons. The minimum atomic E-state index is -0.282. The molecule has 0 aliphatic carbocycles. The third-order valence-electron chi connectivity index (χ3n) is 5.56. The number of amides is 1. The van der Waals surface area contributed by atoms with Gasteiger partial charge >= 0.3 is 0 Å². The van der Waals surface area contributed by atoms with E-state index in [1.54, 1.807) is 12.1 Å². The molecule has 1 aliphatic heterocycles. The molecule has 2 aromatic rings. The van der Waals surface area contributed by atoms with Gasteiger partial charge in [0.2, 0.25) is 5.91 Å². The first-order valence-electron chi connectivity index (χ1n) is 10.00. The van der Waals surface area contributed by atoms with Crippen LogP contribution in [0.3, 0.4) is 0 Å². The molecule has 3 rings (SSSR count). The van der Waals surface area contributed by atoms with Crippen molar-refractivity contribution in [2.75, 3.05) is 19.6 Å². The van der Waals surface area contributed by atoms with Gasteiger partial charge in [0, 0.05) is 19.1 Å². The first-order valence-corrected chi connectivity index (χ1v) is 10.4. The van der Waals surface area contributed by atoms with Gasteiger partial charge in [0.05, 0.1) is 11.3 Å². The molecule has 1 saturated heterocycles. The van der Waals surface area contributed by atoms with Gasteiger partial charge in [-0.25, -0.2) is 4.39 Å². The maximum absolute atomic E-state index is 13.1. The first kappa shape index (κ1) is 20.8. The van der Waals surface area contributed by atoms with Crippen molar-refractivity contribution < 1.29 is 9.18 Å². The summed E-state index contributed by atoms with van der Waals surface area (Å²) >= 11 is 6.52. The van der Waals surface area contributed by atoms with Gasteiger partial charge in [-0.1, -0.05) is 42.5 Å². The zero-order valence-corrected chi connectivity index (χ0v) is 17.0. The van der Waals surface area contributed by atoms with Gasteiger partial charge in [0.15, 0.2) is 0 Å². The van der Waals surface area contributed by atoms with Crippen LogP contribution >= 0.6 is 11.6 Å². The summed E-state index contributed by atoms with van der Waals surface area (Å²) in [7, 11) is 0. The van der Waals surface area contributed by atoms with E-state index in [1.165, 1.54) is 17.7 Å². The molecule has 2 aromatic carbocycles. The molecule has 1 heterocycles. The Balaban J connectivity index is 1.40. The summed E-state index contributed by atoms with van der Waals surface area (Å²) in [6.07, 6.45) is 2.81. The Kier molecular flexibility index (Phi) is 7.46. The molecule has 1 fully saturated rings. The molecule has 1 aliphatic rings. The minimum absolute atomic E-state index is 0.00922. The molecule has 28 heavy (non-hydrogen) atoms. The molecule has 0 bridgehead atoms. The lowest BCUT2D eigenvalue weighted by Crippen LogP contribution is -2.45. The topological polar surface area (TPSA) is 32.3 Å². The molecular formula is C23H28ClFN2O. The summed E-state index contributed by atoms with van der Waals surface area (Å²) in [6, 6.07) is 16.5. The molecule has 0 spiro atoms. The number of nitrogens with zero attached hydrogens (tertiary/aromatic N) is 1. The van der Waals surface area contributed by atoms with E-state index in [0.29, 0.717) is 0 Å². The molecule has 0 aromatic heterocycles. The fraction of sp³-hybridized carbons (Fsp3) is 0.435. The van der Waals surface area contributed by atoms with Crippen LogP contribution < -0.4 is 5.32 Å². The SMILES string of the molecule is CC(C(=O)NC1CCN(CCC(Cl)c2ccccc2)CC1)c1ccc(F)cc1. The van der Waals surface area contributed by atoms with E-state index in [0.717, 1.165) is 44.5 Å². The van der Waals surface area contributed by atoms with E-state index in [9.17, 15) is 9.18 Å². The third-order valence-corrected chi connectivity index (χ3v) is 6.03. The Bertz CT molecular complexity index is 745. The third kappa shape index (κ3) is 5.79. The number of hydrogen-bond acceptors (Lipinski definition) is 2. The van der Waals surface area contributed by atoms with Crippen LogP contribution in [-0.4, -0.2) is 36.5 Å². The van der Waals surface area contributed by atoms with E-state index >= 15 is 0 Å². The number of rotatable bonds is 7. The number of benzene rings is 2. The molecule has 3 nitrogen and oxygen atoms in total. The smallest absolute Gasteiger partial charge is 0.227 e. The molecule has 0 saturated carbocycles. The largest absolute Gasteiger partial charge is 0.353 e. The Morgan fingerprint density at radius 2 is 1.75 bits per heavy atom. The highest BCUT2D eigenvalue weighted by atomic mass is 35.5. The van der Waals surface area contributed by atoms with Crippen molar-refractivity contribution in [2.24, 2.45) is 0 Å². The maximum atomic E-state index is 13.1. The molecule has 2 unspecified atom stereocenters. The fourth-order valence-electron chi connectivity index (χ4n) is 3.65. The number of carbonyl (C=O) groups excluding carboxylic acids is 1. The Labute approximate surface area is 171 Å². The van der Waals surface area contributed by atoms with Crippen molar-refractivity contribution in [1.82, 2.24) is 10.2 Å². The quantitative estimate of drug-likeness (QED) is 0.669. The van der Waals surface area contributed by atoms with Crippen LogP contribution in [0, 0.1) is 5.82 Å². The van der Waals surface area contributed by atoms with E-state index in [2.05, 4.69) is 22.3 Å². The average molecular weight is 403 g/mol. The van der Waals surface area contributed by atoms with Crippen LogP contribution in [0.1, 0.15) is 48.6 Å². The second-order valence-corrected chi connectivity index (χ2v) is 8.09. The van der Waals surface area contributed by atoms with Crippen LogP contribution in [0.5, 0.6) is 0 Å². The molecule has 1 N–H and O–H groups in total. The van der Waals surface area contributed by atoms with Crippen molar-refractivity contribution in [2.45, 2.75) is 43.5 Å². The highest BCUT2D eigenvalue weighted by Crippen LogP contribution is 2.25. The number of carbonyl (C=O) groups is 1. The summed E-state index contributed by atoms with van der Waals surface area (Å²) in [5.41, 5.74) is 2.01. The number of halogens is 2. The molecule has 2 atom stereocenters. The fourth-order valence-corrected chi connectivity index (χ4v) is 3.90. The van der Waals surface area contributed by atoms with Gasteiger partial charge in [0.1, 0.15) is 5.82 Å². The lowest BCUT2D eigenvalue weighted by atomic mass is 9.98. The Morgan fingerprint density at radius 1 is 1.11 bits per heavy atom. The van der Waals surface area contributed by atoms with Crippen molar-refractivity contribution in [3.8, 4) is 0 Å². The van der Waals surface area contributed by atoms with Gasteiger partial charge in [0.25, 0.3) is 0 Å². The van der Waals surface area contributed by atoms with Crippen molar-refractivity contribution >= 4 is 17.5 Å². The van der Waals surface area contributed by atoms with E-state index < -0.39 is 0 Å². The lowest BCUT2D eigenvalue weighted by Gasteiger charge is -2.33. The Hall–Kier alpha value is -1.91. The Morgan fingerprint density at radius 3 is 2.39 bits per heavy atom. The summed E-state index contributed by atoms with van der Waals surface area (Å²) in [6.45, 7) is 4.76. The minimum Gasteiger partial charge on any atom is -0.353 e. The van der Waals surface area contributed by atoms with Crippen molar-refractivity contribution in [1.29, 1.82) is 0 Å². The summed E-state index contributed by atoms with van der Waals surface area (Å²) in [4.78, 5) is 14.9. The van der Waals surface area contributed by atoms with Crippen LogP contribution in [-0.2, 0) is 4.79 Å². The van der Waals surface area contributed by atoms with Gasteiger partial charge in [-0.05, 0) is 56.0 Å².